The molecule has 3 heterocycles. The van der Waals surface area contributed by atoms with E-state index in [1.54, 1.807) is 0 Å². The fourth-order valence-corrected chi connectivity index (χ4v) is 4.43. The van der Waals surface area contributed by atoms with Gasteiger partial charge in [0.25, 0.3) is 0 Å². The highest BCUT2D eigenvalue weighted by Gasteiger charge is 2.19. The van der Waals surface area contributed by atoms with E-state index < -0.39 is 0 Å². The summed E-state index contributed by atoms with van der Waals surface area (Å²) in [6, 6.07) is 12.4. The monoisotopic (exact) mass is 419 g/mol. The molecular weight excluding hydrogens is 394 g/mol. The number of pyridine rings is 1. The molecule has 2 aliphatic rings. The Balaban J connectivity index is 1.53. The highest BCUT2D eigenvalue weighted by Crippen LogP contribution is 2.28. The molecule has 1 unspecified atom stereocenters. The topological polar surface area (TPSA) is 29.8 Å². The molecule has 0 N–H and O–H groups in total. The molecule has 0 bridgehead atoms. The predicted molar refractivity (Wildman–Crippen MR) is 122 cm³/mol. The zero-order valence-corrected chi connectivity index (χ0v) is 17.8. The van der Waals surface area contributed by atoms with Crippen LogP contribution in [0.4, 0.5) is 0 Å². The smallest absolute Gasteiger partial charge is 0.137 e. The van der Waals surface area contributed by atoms with Gasteiger partial charge in [-0.2, -0.15) is 0 Å². The maximum absolute atomic E-state index is 6.13. The zero-order valence-electron chi connectivity index (χ0n) is 17.0. The third-order valence-electron chi connectivity index (χ3n) is 5.94. The number of halogens is 1. The number of morpholine rings is 1. The molecule has 30 heavy (non-hydrogen) atoms. The zero-order chi connectivity index (χ0) is 20.3. The molecule has 1 aliphatic carbocycles. The standard InChI is InChI=1S/C25H26ClN3O/c26-22-9-7-21(8-10-22)25-23(18-28-12-14-30-15-13-28)29-17-20(6-11-24(29)27-25)16-19-4-2-1-3-5-19/h1-4,6-11,17,19H,5,12-16,18H2. The molecule has 0 radical (unpaired) electrons. The first kappa shape index (κ1) is 19.6. The second kappa shape index (κ2) is 8.76. The number of allylic oxidation sites excluding steroid dienone is 4. The maximum Gasteiger partial charge on any atom is 0.137 e. The van der Waals surface area contributed by atoms with E-state index in [4.69, 9.17) is 21.3 Å². The van der Waals surface area contributed by atoms with Crippen LogP contribution in [-0.2, 0) is 17.7 Å². The van der Waals surface area contributed by atoms with E-state index in [1.165, 1.54) is 11.3 Å². The van der Waals surface area contributed by atoms with E-state index in [1.807, 2.05) is 12.1 Å². The molecule has 0 spiro atoms. The van der Waals surface area contributed by atoms with Crippen molar-refractivity contribution >= 4 is 17.2 Å². The number of fused-ring (bicyclic) bond motifs is 1. The van der Waals surface area contributed by atoms with Gasteiger partial charge in [0.1, 0.15) is 5.65 Å². The van der Waals surface area contributed by atoms with Gasteiger partial charge in [0.2, 0.25) is 0 Å². The van der Waals surface area contributed by atoms with E-state index >= 15 is 0 Å². The number of aromatic nitrogens is 2. The van der Waals surface area contributed by atoms with E-state index in [0.29, 0.717) is 5.92 Å². The van der Waals surface area contributed by atoms with Crippen molar-refractivity contribution in [2.45, 2.75) is 19.4 Å². The number of benzene rings is 1. The lowest BCUT2D eigenvalue weighted by molar-refractivity contribution is 0.0336. The summed E-state index contributed by atoms with van der Waals surface area (Å²) in [6.07, 6.45) is 13.3. The van der Waals surface area contributed by atoms with Crippen molar-refractivity contribution in [1.82, 2.24) is 14.3 Å². The second-order valence-electron chi connectivity index (χ2n) is 8.08. The van der Waals surface area contributed by atoms with Gasteiger partial charge in [-0.3, -0.25) is 4.90 Å². The minimum atomic E-state index is 0.564. The van der Waals surface area contributed by atoms with Gasteiger partial charge in [0.15, 0.2) is 0 Å². The molecule has 1 aromatic carbocycles. The number of ether oxygens (including phenoxy) is 1. The Morgan fingerprint density at radius 3 is 2.63 bits per heavy atom. The van der Waals surface area contributed by atoms with Crippen LogP contribution in [0.3, 0.4) is 0 Å². The van der Waals surface area contributed by atoms with Crippen molar-refractivity contribution in [3.8, 4) is 11.3 Å². The molecule has 5 heteroatoms. The predicted octanol–water partition coefficient (Wildman–Crippen LogP) is 5.16. The summed E-state index contributed by atoms with van der Waals surface area (Å²) in [6.45, 7) is 4.34. The van der Waals surface area contributed by atoms with Gasteiger partial charge < -0.3 is 9.14 Å². The van der Waals surface area contributed by atoms with E-state index in [-0.39, 0.29) is 0 Å². The van der Waals surface area contributed by atoms with Gasteiger partial charge in [0, 0.05) is 36.4 Å². The molecular formula is C25H26ClN3O. The number of nitrogens with zero attached hydrogens (tertiary/aromatic N) is 3. The summed E-state index contributed by atoms with van der Waals surface area (Å²) in [5, 5.41) is 0.745. The Hall–Kier alpha value is -2.40. The first-order valence-electron chi connectivity index (χ1n) is 10.7. The lowest BCUT2D eigenvalue weighted by atomic mass is 9.94. The van der Waals surface area contributed by atoms with Crippen LogP contribution >= 0.6 is 11.6 Å². The van der Waals surface area contributed by atoms with Gasteiger partial charge in [-0.15, -0.1) is 0 Å². The minimum absolute atomic E-state index is 0.564. The molecule has 4 nitrogen and oxygen atoms in total. The molecule has 3 aromatic rings. The van der Waals surface area contributed by atoms with Crippen LogP contribution in [0, 0.1) is 5.92 Å². The van der Waals surface area contributed by atoms with E-state index in [0.717, 1.165) is 67.6 Å². The highest BCUT2D eigenvalue weighted by atomic mass is 35.5. The molecule has 2 aromatic heterocycles. The first-order valence-corrected chi connectivity index (χ1v) is 11.0. The van der Waals surface area contributed by atoms with Crippen LogP contribution < -0.4 is 0 Å². The largest absolute Gasteiger partial charge is 0.379 e. The van der Waals surface area contributed by atoms with Crippen LogP contribution in [0.2, 0.25) is 5.02 Å². The number of rotatable bonds is 5. The number of imidazole rings is 1. The molecule has 0 amide bonds. The van der Waals surface area contributed by atoms with Crippen LogP contribution in [0.5, 0.6) is 0 Å². The summed E-state index contributed by atoms with van der Waals surface area (Å²) < 4.78 is 7.84. The van der Waals surface area contributed by atoms with Crippen LogP contribution in [-0.4, -0.2) is 40.6 Å². The van der Waals surface area contributed by atoms with Crippen molar-refractivity contribution in [3.05, 3.63) is 83.2 Å². The van der Waals surface area contributed by atoms with Crippen molar-refractivity contribution in [2.24, 2.45) is 5.92 Å². The van der Waals surface area contributed by atoms with Crippen molar-refractivity contribution in [3.63, 3.8) is 0 Å². The van der Waals surface area contributed by atoms with Gasteiger partial charge in [-0.05, 0) is 42.5 Å². The van der Waals surface area contributed by atoms with Gasteiger partial charge >= 0.3 is 0 Å². The van der Waals surface area contributed by atoms with Gasteiger partial charge in [-0.25, -0.2) is 4.98 Å². The summed E-state index contributed by atoms with van der Waals surface area (Å²) in [5.41, 5.74) is 5.71. The molecule has 1 atom stereocenters. The summed E-state index contributed by atoms with van der Waals surface area (Å²) in [5.74, 6) is 0.564. The molecule has 1 aliphatic heterocycles. The Morgan fingerprint density at radius 1 is 1.03 bits per heavy atom. The Bertz CT molecular complexity index is 1080. The first-order chi connectivity index (χ1) is 14.8. The molecule has 5 rings (SSSR count). The average molecular weight is 420 g/mol. The summed E-state index contributed by atoms with van der Waals surface area (Å²) in [7, 11) is 0. The third-order valence-corrected chi connectivity index (χ3v) is 6.19. The van der Waals surface area contributed by atoms with Crippen molar-refractivity contribution in [1.29, 1.82) is 0 Å². The Kier molecular flexibility index (Phi) is 5.71. The summed E-state index contributed by atoms with van der Waals surface area (Å²) in [4.78, 5) is 7.45. The second-order valence-corrected chi connectivity index (χ2v) is 8.52. The van der Waals surface area contributed by atoms with Crippen LogP contribution in [0.15, 0.2) is 66.9 Å². The van der Waals surface area contributed by atoms with Crippen LogP contribution in [0.1, 0.15) is 17.7 Å². The Labute approximate surface area is 182 Å². The highest BCUT2D eigenvalue weighted by molar-refractivity contribution is 6.30. The third kappa shape index (κ3) is 4.22. The minimum Gasteiger partial charge on any atom is -0.379 e. The lowest BCUT2D eigenvalue weighted by Crippen LogP contribution is -2.36. The van der Waals surface area contributed by atoms with Gasteiger partial charge in [-0.1, -0.05) is 54.1 Å². The van der Waals surface area contributed by atoms with Crippen LogP contribution in [0.25, 0.3) is 16.9 Å². The quantitative estimate of drug-likeness (QED) is 0.572. The fraction of sp³-hybridized carbons (Fsp3) is 0.320. The van der Waals surface area contributed by atoms with Crippen molar-refractivity contribution < 1.29 is 4.74 Å². The van der Waals surface area contributed by atoms with E-state index in [2.05, 4.69) is 64.1 Å². The Morgan fingerprint density at radius 2 is 1.87 bits per heavy atom. The summed E-state index contributed by atoms with van der Waals surface area (Å²) >= 11 is 6.13. The molecule has 0 saturated carbocycles. The van der Waals surface area contributed by atoms with Crippen molar-refractivity contribution in [2.75, 3.05) is 26.3 Å². The molecule has 1 fully saturated rings. The van der Waals surface area contributed by atoms with Gasteiger partial charge in [0.05, 0.1) is 24.6 Å². The molecule has 154 valence electrons. The maximum atomic E-state index is 6.13. The number of hydrogen-bond acceptors (Lipinski definition) is 3. The lowest BCUT2D eigenvalue weighted by Gasteiger charge is -2.26. The van der Waals surface area contributed by atoms with E-state index in [9.17, 15) is 0 Å². The normalized spacial score (nSPS) is 19.6. The molecule has 1 saturated heterocycles. The average Bonchev–Trinajstić information content (AvgIpc) is 3.13. The number of hydrogen-bond donors (Lipinski definition) is 0. The SMILES string of the molecule is Clc1ccc(-c2nc3ccc(CC4C=CC=CC4)cn3c2CN2CCOCC2)cc1. The fourth-order valence-electron chi connectivity index (χ4n) is 4.31.